The molecule has 0 saturated carbocycles. The first-order chi connectivity index (χ1) is 10.2. The van der Waals surface area contributed by atoms with Gasteiger partial charge in [0.1, 0.15) is 11.6 Å². The zero-order valence-electron chi connectivity index (χ0n) is 13.1. The van der Waals surface area contributed by atoms with Crippen molar-refractivity contribution >= 4 is 5.82 Å². The smallest absolute Gasteiger partial charge is 0.138 e. The SMILES string of the molecule is CCNc1cc(C(C)C)nc(C2CCc3ccccc32)n1. The van der Waals surface area contributed by atoms with Gasteiger partial charge in [-0.3, -0.25) is 0 Å². The lowest BCUT2D eigenvalue weighted by Gasteiger charge is -2.15. The Morgan fingerprint density at radius 2 is 2.05 bits per heavy atom. The second-order valence-electron chi connectivity index (χ2n) is 6.01. The van der Waals surface area contributed by atoms with Crippen LogP contribution in [0.2, 0.25) is 0 Å². The maximum absolute atomic E-state index is 4.84. The summed E-state index contributed by atoms with van der Waals surface area (Å²) in [5.74, 6) is 2.69. The summed E-state index contributed by atoms with van der Waals surface area (Å²) in [4.78, 5) is 9.61. The Labute approximate surface area is 126 Å². The van der Waals surface area contributed by atoms with Gasteiger partial charge in [0.2, 0.25) is 0 Å². The highest BCUT2D eigenvalue weighted by molar-refractivity contribution is 5.42. The molecule has 0 aliphatic heterocycles. The van der Waals surface area contributed by atoms with Gasteiger partial charge in [0.05, 0.1) is 0 Å². The molecule has 1 N–H and O–H groups in total. The Kier molecular flexibility index (Phi) is 3.91. The maximum atomic E-state index is 4.84. The van der Waals surface area contributed by atoms with Crippen molar-refractivity contribution in [2.24, 2.45) is 0 Å². The summed E-state index contributed by atoms with van der Waals surface area (Å²) >= 11 is 0. The minimum Gasteiger partial charge on any atom is -0.370 e. The third-order valence-corrected chi connectivity index (χ3v) is 4.16. The summed E-state index contributed by atoms with van der Waals surface area (Å²) in [6, 6.07) is 10.8. The largest absolute Gasteiger partial charge is 0.370 e. The highest BCUT2D eigenvalue weighted by Gasteiger charge is 2.26. The molecule has 2 aromatic rings. The van der Waals surface area contributed by atoms with E-state index in [2.05, 4.69) is 56.4 Å². The lowest BCUT2D eigenvalue weighted by molar-refractivity contribution is 0.704. The van der Waals surface area contributed by atoms with Crippen LogP contribution in [0.4, 0.5) is 5.82 Å². The minimum absolute atomic E-state index is 0.345. The second kappa shape index (κ2) is 5.84. The zero-order chi connectivity index (χ0) is 14.8. The van der Waals surface area contributed by atoms with Crippen LogP contribution in [-0.2, 0) is 6.42 Å². The molecule has 1 heterocycles. The van der Waals surface area contributed by atoms with E-state index in [4.69, 9.17) is 9.97 Å². The lowest BCUT2D eigenvalue weighted by Crippen LogP contribution is -2.10. The monoisotopic (exact) mass is 281 g/mol. The van der Waals surface area contributed by atoms with E-state index >= 15 is 0 Å². The van der Waals surface area contributed by atoms with Crippen LogP contribution in [-0.4, -0.2) is 16.5 Å². The van der Waals surface area contributed by atoms with Gasteiger partial charge < -0.3 is 5.32 Å². The Balaban J connectivity index is 2.02. The van der Waals surface area contributed by atoms with Crippen molar-refractivity contribution in [1.82, 2.24) is 9.97 Å². The topological polar surface area (TPSA) is 37.8 Å². The molecule has 3 nitrogen and oxygen atoms in total. The number of aryl methyl sites for hydroxylation is 1. The summed E-state index contributed by atoms with van der Waals surface area (Å²) in [7, 11) is 0. The summed E-state index contributed by atoms with van der Waals surface area (Å²) < 4.78 is 0. The van der Waals surface area contributed by atoms with Crippen molar-refractivity contribution in [2.45, 2.75) is 45.4 Å². The first-order valence-electron chi connectivity index (χ1n) is 7.89. The average Bonchev–Trinajstić information content (AvgIpc) is 2.91. The fourth-order valence-corrected chi connectivity index (χ4v) is 3.03. The summed E-state index contributed by atoms with van der Waals surface area (Å²) in [5.41, 5.74) is 3.98. The van der Waals surface area contributed by atoms with Gasteiger partial charge in [-0.15, -0.1) is 0 Å². The minimum atomic E-state index is 0.345. The highest BCUT2D eigenvalue weighted by atomic mass is 15.0. The van der Waals surface area contributed by atoms with E-state index in [0.717, 1.165) is 36.7 Å². The first-order valence-corrected chi connectivity index (χ1v) is 7.89. The van der Waals surface area contributed by atoms with Crippen LogP contribution in [0.3, 0.4) is 0 Å². The molecular weight excluding hydrogens is 258 g/mol. The van der Waals surface area contributed by atoms with Crippen LogP contribution in [0.1, 0.15) is 61.7 Å². The van der Waals surface area contributed by atoms with Crippen molar-refractivity contribution < 1.29 is 0 Å². The first kappa shape index (κ1) is 14.1. The van der Waals surface area contributed by atoms with Crippen LogP contribution in [0.25, 0.3) is 0 Å². The number of anilines is 1. The lowest BCUT2D eigenvalue weighted by atomic mass is 10.00. The molecule has 110 valence electrons. The number of benzene rings is 1. The molecule has 0 amide bonds. The second-order valence-corrected chi connectivity index (χ2v) is 6.01. The Morgan fingerprint density at radius 1 is 1.24 bits per heavy atom. The maximum Gasteiger partial charge on any atom is 0.138 e. The van der Waals surface area contributed by atoms with E-state index < -0.39 is 0 Å². The number of nitrogens with one attached hydrogen (secondary N) is 1. The fourth-order valence-electron chi connectivity index (χ4n) is 3.03. The number of nitrogens with zero attached hydrogens (tertiary/aromatic N) is 2. The third-order valence-electron chi connectivity index (χ3n) is 4.16. The van der Waals surface area contributed by atoms with E-state index in [1.54, 1.807) is 0 Å². The van der Waals surface area contributed by atoms with Crippen LogP contribution in [0, 0.1) is 0 Å². The van der Waals surface area contributed by atoms with Gasteiger partial charge in [0.25, 0.3) is 0 Å². The van der Waals surface area contributed by atoms with Gasteiger partial charge in [0, 0.05) is 24.2 Å². The standard InChI is InChI=1S/C18H23N3/c1-4-19-17-11-16(12(2)3)20-18(21-17)15-10-9-13-7-5-6-8-14(13)15/h5-8,11-12,15H,4,9-10H2,1-3H3,(H,19,20,21). The van der Waals surface area contributed by atoms with Crippen molar-refractivity contribution in [3.05, 3.63) is 53.0 Å². The molecule has 1 aromatic carbocycles. The fraction of sp³-hybridized carbons (Fsp3) is 0.444. The molecule has 1 aliphatic rings. The molecule has 3 rings (SSSR count). The molecule has 3 heteroatoms. The molecule has 21 heavy (non-hydrogen) atoms. The molecule has 0 bridgehead atoms. The summed E-state index contributed by atoms with van der Waals surface area (Å²) in [6.45, 7) is 7.35. The molecule has 0 spiro atoms. The van der Waals surface area contributed by atoms with Gasteiger partial charge in [-0.25, -0.2) is 9.97 Å². The Hall–Kier alpha value is -1.90. The Morgan fingerprint density at radius 3 is 2.81 bits per heavy atom. The summed E-state index contributed by atoms with van der Waals surface area (Å²) in [6.07, 6.45) is 2.25. The molecule has 0 saturated heterocycles. The quantitative estimate of drug-likeness (QED) is 0.916. The van der Waals surface area contributed by atoms with E-state index in [1.807, 2.05) is 0 Å². The molecule has 1 aromatic heterocycles. The number of hydrogen-bond donors (Lipinski definition) is 1. The number of hydrogen-bond acceptors (Lipinski definition) is 3. The van der Waals surface area contributed by atoms with Crippen molar-refractivity contribution in [1.29, 1.82) is 0 Å². The van der Waals surface area contributed by atoms with E-state index in [0.29, 0.717) is 11.8 Å². The van der Waals surface area contributed by atoms with E-state index in [1.165, 1.54) is 11.1 Å². The van der Waals surface area contributed by atoms with Gasteiger partial charge in [-0.1, -0.05) is 38.1 Å². The number of aromatic nitrogens is 2. The molecule has 1 atom stereocenters. The third kappa shape index (κ3) is 2.78. The van der Waals surface area contributed by atoms with E-state index in [9.17, 15) is 0 Å². The normalized spacial score (nSPS) is 17.0. The van der Waals surface area contributed by atoms with Crippen molar-refractivity contribution in [3.63, 3.8) is 0 Å². The van der Waals surface area contributed by atoms with Crippen LogP contribution >= 0.6 is 0 Å². The van der Waals surface area contributed by atoms with Crippen LogP contribution in [0.15, 0.2) is 30.3 Å². The van der Waals surface area contributed by atoms with Gasteiger partial charge in [0.15, 0.2) is 0 Å². The molecule has 0 radical (unpaired) electrons. The Bertz CT molecular complexity index is 634. The van der Waals surface area contributed by atoms with E-state index in [-0.39, 0.29) is 0 Å². The van der Waals surface area contributed by atoms with Gasteiger partial charge in [-0.05, 0) is 36.8 Å². The molecule has 1 aliphatic carbocycles. The van der Waals surface area contributed by atoms with Crippen LogP contribution < -0.4 is 5.32 Å². The highest BCUT2D eigenvalue weighted by Crippen LogP contribution is 2.37. The van der Waals surface area contributed by atoms with Gasteiger partial charge >= 0.3 is 0 Å². The van der Waals surface area contributed by atoms with Crippen molar-refractivity contribution in [2.75, 3.05) is 11.9 Å². The predicted octanol–water partition coefficient (Wildman–Crippen LogP) is 4.11. The van der Waals surface area contributed by atoms with Gasteiger partial charge in [-0.2, -0.15) is 0 Å². The average molecular weight is 281 g/mol. The molecule has 0 fully saturated rings. The summed E-state index contributed by atoms with van der Waals surface area (Å²) in [5, 5.41) is 3.34. The zero-order valence-corrected chi connectivity index (χ0v) is 13.1. The predicted molar refractivity (Wildman–Crippen MR) is 86.9 cm³/mol. The number of rotatable bonds is 4. The molecule has 1 unspecified atom stereocenters. The van der Waals surface area contributed by atoms with Crippen molar-refractivity contribution in [3.8, 4) is 0 Å². The number of fused-ring (bicyclic) bond motifs is 1. The molecular formula is C18H23N3. The van der Waals surface area contributed by atoms with Crippen LogP contribution in [0.5, 0.6) is 0 Å².